The van der Waals surface area contributed by atoms with Crippen LogP contribution in [0, 0.1) is 10.1 Å². The molecule has 126 valence electrons. The summed E-state index contributed by atoms with van der Waals surface area (Å²) in [6.45, 7) is 0. The van der Waals surface area contributed by atoms with E-state index in [0.717, 1.165) is 11.3 Å². The second kappa shape index (κ2) is 7.19. The zero-order valence-corrected chi connectivity index (χ0v) is 14.0. The number of nitro groups is 1. The van der Waals surface area contributed by atoms with Gasteiger partial charge in [0.1, 0.15) is 5.82 Å². The van der Waals surface area contributed by atoms with Crippen LogP contribution in [-0.2, 0) is 0 Å². The van der Waals surface area contributed by atoms with E-state index in [2.05, 4.69) is 10.3 Å². The molecule has 0 fully saturated rings. The fourth-order valence-corrected chi connectivity index (χ4v) is 2.60. The fourth-order valence-electron chi connectivity index (χ4n) is 2.40. The summed E-state index contributed by atoms with van der Waals surface area (Å²) >= 11 is 5.98. The summed E-state index contributed by atoms with van der Waals surface area (Å²) in [5, 5.41) is 15.0. The third kappa shape index (κ3) is 3.87. The zero-order valence-electron chi connectivity index (χ0n) is 13.3. The Balaban J connectivity index is 1.94. The number of nitrogens with one attached hydrogen (secondary N) is 1. The van der Waals surface area contributed by atoms with Gasteiger partial charge in [0.2, 0.25) is 0 Å². The Morgan fingerprint density at radius 1 is 1.12 bits per heavy atom. The molecule has 7 heteroatoms. The van der Waals surface area contributed by atoms with E-state index >= 15 is 0 Å². The Morgan fingerprint density at radius 3 is 2.64 bits per heavy atom. The second-order valence-electron chi connectivity index (χ2n) is 5.21. The quantitative estimate of drug-likeness (QED) is 0.511. The number of ether oxygens (including phenoxy) is 1. The number of aromatic nitrogens is 1. The maximum Gasteiger partial charge on any atom is 0.311 e. The summed E-state index contributed by atoms with van der Waals surface area (Å²) in [7, 11) is 1.40. The minimum absolute atomic E-state index is 0.0823. The van der Waals surface area contributed by atoms with Gasteiger partial charge in [-0.1, -0.05) is 23.7 Å². The van der Waals surface area contributed by atoms with Crippen molar-refractivity contribution < 1.29 is 9.66 Å². The second-order valence-corrected chi connectivity index (χ2v) is 5.65. The van der Waals surface area contributed by atoms with Gasteiger partial charge in [0.15, 0.2) is 5.75 Å². The molecule has 6 nitrogen and oxygen atoms in total. The highest BCUT2D eigenvalue weighted by Gasteiger charge is 2.16. The summed E-state index contributed by atoms with van der Waals surface area (Å²) in [5.41, 5.74) is 2.22. The molecular weight excluding hydrogens is 342 g/mol. The number of hydrogen-bond donors (Lipinski definition) is 1. The van der Waals surface area contributed by atoms with E-state index < -0.39 is 4.92 Å². The molecule has 0 amide bonds. The Bertz CT molecular complexity index is 931. The van der Waals surface area contributed by atoms with Gasteiger partial charge in [0.25, 0.3) is 0 Å². The van der Waals surface area contributed by atoms with Crippen LogP contribution in [0.3, 0.4) is 0 Å². The topological polar surface area (TPSA) is 77.3 Å². The van der Waals surface area contributed by atoms with Gasteiger partial charge in [-0.25, -0.2) is 4.98 Å². The maximum atomic E-state index is 11.2. The largest absolute Gasteiger partial charge is 0.490 e. The first kappa shape index (κ1) is 16.7. The normalized spacial score (nSPS) is 10.3. The lowest BCUT2D eigenvalue weighted by Crippen LogP contribution is -1.95. The van der Waals surface area contributed by atoms with Crippen molar-refractivity contribution >= 4 is 28.8 Å². The average molecular weight is 356 g/mol. The van der Waals surface area contributed by atoms with Crippen molar-refractivity contribution in [3.8, 4) is 16.9 Å². The zero-order chi connectivity index (χ0) is 17.8. The van der Waals surface area contributed by atoms with Crippen LogP contribution in [0.4, 0.5) is 17.2 Å². The van der Waals surface area contributed by atoms with Crippen molar-refractivity contribution in [3.05, 3.63) is 75.9 Å². The third-order valence-electron chi connectivity index (χ3n) is 3.57. The molecule has 0 aliphatic carbocycles. The molecule has 25 heavy (non-hydrogen) atoms. The Morgan fingerprint density at radius 2 is 1.92 bits per heavy atom. The number of nitrogens with zero attached hydrogens (tertiary/aromatic N) is 2. The number of anilines is 2. The summed E-state index contributed by atoms with van der Waals surface area (Å²) in [5.74, 6) is 0.832. The van der Waals surface area contributed by atoms with E-state index in [1.165, 1.54) is 13.2 Å². The standard InChI is InChI=1S/C18H14ClN3O3/c1-25-17-6-5-12(9-16(17)22(23)24)13-7-8-20-18(10-13)21-15-4-2-3-14(19)11-15/h2-11H,1H3,(H,20,21). The molecule has 0 bridgehead atoms. The van der Waals surface area contributed by atoms with Crippen LogP contribution in [0.5, 0.6) is 5.75 Å². The van der Waals surface area contributed by atoms with E-state index in [0.29, 0.717) is 16.4 Å². The lowest BCUT2D eigenvalue weighted by molar-refractivity contribution is -0.385. The molecule has 0 saturated heterocycles. The predicted octanol–water partition coefficient (Wildman–Crippen LogP) is 5.06. The maximum absolute atomic E-state index is 11.2. The number of methoxy groups -OCH3 is 1. The molecule has 0 radical (unpaired) electrons. The monoisotopic (exact) mass is 355 g/mol. The number of halogens is 1. The highest BCUT2D eigenvalue weighted by Crippen LogP contribution is 2.33. The Hall–Kier alpha value is -3.12. The Kier molecular flexibility index (Phi) is 4.81. The van der Waals surface area contributed by atoms with E-state index in [9.17, 15) is 10.1 Å². The number of benzene rings is 2. The summed E-state index contributed by atoms with van der Waals surface area (Å²) in [4.78, 5) is 15.0. The first-order chi connectivity index (χ1) is 12.1. The first-order valence-corrected chi connectivity index (χ1v) is 7.76. The van der Waals surface area contributed by atoms with Gasteiger partial charge >= 0.3 is 5.69 Å². The van der Waals surface area contributed by atoms with Gasteiger partial charge in [0.05, 0.1) is 12.0 Å². The Labute approximate surface area is 149 Å². The predicted molar refractivity (Wildman–Crippen MR) is 97.6 cm³/mol. The highest BCUT2D eigenvalue weighted by molar-refractivity contribution is 6.30. The van der Waals surface area contributed by atoms with Crippen LogP contribution in [0.25, 0.3) is 11.1 Å². The summed E-state index contributed by atoms with van der Waals surface area (Å²) in [6, 6.07) is 15.7. The minimum atomic E-state index is -0.464. The highest BCUT2D eigenvalue weighted by atomic mass is 35.5. The number of rotatable bonds is 5. The van der Waals surface area contributed by atoms with Crippen molar-refractivity contribution in [1.29, 1.82) is 0 Å². The average Bonchev–Trinajstić information content (AvgIpc) is 2.61. The molecule has 1 heterocycles. The van der Waals surface area contributed by atoms with Crippen LogP contribution in [0.2, 0.25) is 5.02 Å². The lowest BCUT2D eigenvalue weighted by atomic mass is 10.1. The molecule has 0 aliphatic rings. The molecule has 3 aromatic rings. The van der Waals surface area contributed by atoms with Gasteiger partial charge in [-0.15, -0.1) is 0 Å². The third-order valence-corrected chi connectivity index (χ3v) is 3.80. The number of pyridine rings is 1. The summed E-state index contributed by atoms with van der Waals surface area (Å²) in [6.07, 6.45) is 1.64. The first-order valence-electron chi connectivity index (χ1n) is 7.38. The van der Waals surface area contributed by atoms with Crippen molar-refractivity contribution in [2.75, 3.05) is 12.4 Å². The fraction of sp³-hybridized carbons (Fsp3) is 0.0556. The van der Waals surface area contributed by atoms with E-state index in [1.807, 2.05) is 18.2 Å². The van der Waals surface area contributed by atoms with Gasteiger partial charge < -0.3 is 10.1 Å². The molecule has 2 aromatic carbocycles. The van der Waals surface area contributed by atoms with Crippen molar-refractivity contribution in [1.82, 2.24) is 4.98 Å². The van der Waals surface area contributed by atoms with Crippen LogP contribution in [0.1, 0.15) is 0 Å². The molecule has 1 N–H and O–H groups in total. The number of nitro benzene ring substituents is 1. The molecule has 0 saturated carbocycles. The molecule has 3 rings (SSSR count). The molecule has 0 aliphatic heterocycles. The van der Waals surface area contributed by atoms with Gasteiger partial charge in [-0.2, -0.15) is 0 Å². The molecule has 0 spiro atoms. The van der Waals surface area contributed by atoms with Crippen LogP contribution < -0.4 is 10.1 Å². The van der Waals surface area contributed by atoms with Crippen LogP contribution >= 0.6 is 11.6 Å². The smallest absolute Gasteiger partial charge is 0.311 e. The van der Waals surface area contributed by atoms with E-state index in [4.69, 9.17) is 16.3 Å². The number of hydrogen-bond acceptors (Lipinski definition) is 5. The van der Waals surface area contributed by atoms with E-state index in [1.54, 1.807) is 36.5 Å². The molecule has 0 atom stereocenters. The van der Waals surface area contributed by atoms with Gasteiger partial charge in [0, 0.05) is 23.0 Å². The van der Waals surface area contributed by atoms with Gasteiger partial charge in [-0.05, 0) is 47.5 Å². The lowest BCUT2D eigenvalue weighted by Gasteiger charge is -2.09. The summed E-state index contributed by atoms with van der Waals surface area (Å²) < 4.78 is 5.03. The molecule has 0 unspecified atom stereocenters. The molecular formula is C18H14ClN3O3. The molecule has 1 aromatic heterocycles. The van der Waals surface area contributed by atoms with Crippen molar-refractivity contribution in [2.45, 2.75) is 0 Å². The SMILES string of the molecule is COc1ccc(-c2ccnc(Nc3cccc(Cl)c3)c2)cc1[N+](=O)[O-]. The minimum Gasteiger partial charge on any atom is -0.490 e. The van der Waals surface area contributed by atoms with E-state index in [-0.39, 0.29) is 11.4 Å². The van der Waals surface area contributed by atoms with Gasteiger partial charge in [-0.3, -0.25) is 10.1 Å². The van der Waals surface area contributed by atoms with Crippen molar-refractivity contribution in [2.24, 2.45) is 0 Å². The van der Waals surface area contributed by atoms with Crippen LogP contribution in [-0.4, -0.2) is 17.0 Å². The van der Waals surface area contributed by atoms with Crippen molar-refractivity contribution in [3.63, 3.8) is 0 Å². The van der Waals surface area contributed by atoms with Crippen LogP contribution in [0.15, 0.2) is 60.8 Å².